The Bertz CT molecular complexity index is 1230. The third-order valence-corrected chi connectivity index (χ3v) is 5.78. The fourth-order valence-electron chi connectivity index (χ4n) is 4.16. The minimum absolute atomic E-state index is 0.113. The summed E-state index contributed by atoms with van der Waals surface area (Å²) in [6.45, 7) is 2.87. The van der Waals surface area contributed by atoms with Gasteiger partial charge in [0.2, 0.25) is 0 Å². The van der Waals surface area contributed by atoms with Gasteiger partial charge in [0.25, 0.3) is 0 Å². The molecule has 0 bridgehead atoms. The van der Waals surface area contributed by atoms with Gasteiger partial charge < -0.3 is 24.3 Å². The Morgan fingerprint density at radius 3 is 2.08 bits per heavy atom. The second-order valence-corrected chi connectivity index (χ2v) is 7.98. The molecule has 7 nitrogen and oxygen atoms in total. The highest BCUT2D eigenvalue weighted by Crippen LogP contribution is 2.44. The van der Waals surface area contributed by atoms with Crippen LogP contribution in [-0.2, 0) is 31.8 Å². The quantitative estimate of drug-likeness (QED) is 0.538. The van der Waals surface area contributed by atoms with E-state index in [4.69, 9.17) is 18.9 Å². The number of halogens is 3. The number of rotatable bonds is 7. The van der Waals surface area contributed by atoms with Gasteiger partial charge in [0.1, 0.15) is 6.61 Å². The van der Waals surface area contributed by atoms with Crippen LogP contribution in [0.25, 0.3) is 0 Å². The molecule has 192 valence electrons. The van der Waals surface area contributed by atoms with Crippen molar-refractivity contribution in [3.8, 4) is 11.5 Å². The van der Waals surface area contributed by atoms with Crippen molar-refractivity contribution in [2.45, 2.75) is 32.5 Å². The van der Waals surface area contributed by atoms with E-state index in [1.807, 2.05) is 0 Å². The zero-order valence-electron chi connectivity index (χ0n) is 20.4. The SMILES string of the molecule is COC(=O)C1=C(C)NC(C)=C(C(=O)OCc2ccc(OC)c(OC)c2)C1c1ccccc1C(F)(F)F. The Kier molecular flexibility index (Phi) is 7.96. The third kappa shape index (κ3) is 5.32. The summed E-state index contributed by atoms with van der Waals surface area (Å²) in [6, 6.07) is 9.72. The van der Waals surface area contributed by atoms with E-state index in [-0.39, 0.29) is 34.7 Å². The number of alkyl halides is 3. The maximum atomic E-state index is 13.9. The average Bonchev–Trinajstić information content (AvgIpc) is 2.85. The molecule has 2 aromatic rings. The van der Waals surface area contributed by atoms with Crippen LogP contribution in [0.4, 0.5) is 13.2 Å². The third-order valence-electron chi connectivity index (χ3n) is 5.78. The largest absolute Gasteiger partial charge is 0.493 e. The second-order valence-electron chi connectivity index (χ2n) is 7.98. The van der Waals surface area contributed by atoms with Gasteiger partial charge >= 0.3 is 18.1 Å². The number of methoxy groups -OCH3 is 3. The number of dihydropyridines is 1. The fourth-order valence-corrected chi connectivity index (χ4v) is 4.16. The predicted octanol–water partition coefficient (Wildman–Crippen LogP) is 4.87. The number of carbonyl (C=O) groups excluding carboxylic acids is 2. The Morgan fingerprint density at radius 2 is 1.50 bits per heavy atom. The maximum absolute atomic E-state index is 13.9. The molecule has 1 N–H and O–H groups in total. The smallest absolute Gasteiger partial charge is 0.416 e. The van der Waals surface area contributed by atoms with Gasteiger partial charge in [0.05, 0.1) is 44.0 Å². The maximum Gasteiger partial charge on any atom is 0.416 e. The summed E-state index contributed by atoms with van der Waals surface area (Å²) in [5.41, 5.74) is -0.365. The van der Waals surface area contributed by atoms with Gasteiger partial charge in [-0.25, -0.2) is 9.59 Å². The molecule has 10 heteroatoms. The van der Waals surface area contributed by atoms with Crippen molar-refractivity contribution in [2.75, 3.05) is 21.3 Å². The molecule has 0 saturated carbocycles. The minimum Gasteiger partial charge on any atom is -0.493 e. The Morgan fingerprint density at radius 1 is 0.889 bits per heavy atom. The number of esters is 2. The van der Waals surface area contributed by atoms with Crippen molar-refractivity contribution in [3.05, 3.63) is 81.7 Å². The number of ether oxygens (including phenoxy) is 4. The summed E-state index contributed by atoms with van der Waals surface area (Å²) in [6.07, 6.45) is -4.72. The molecule has 0 aliphatic carbocycles. The van der Waals surface area contributed by atoms with E-state index in [1.54, 1.807) is 18.2 Å². The van der Waals surface area contributed by atoms with Crippen LogP contribution in [0.15, 0.2) is 65.0 Å². The van der Waals surface area contributed by atoms with Crippen LogP contribution in [0.3, 0.4) is 0 Å². The number of nitrogens with one attached hydrogen (secondary N) is 1. The van der Waals surface area contributed by atoms with Crippen molar-refractivity contribution >= 4 is 11.9 Å². The molecule has 0 aromatic heterocycles. The van der Waals surface area contributed by atoms with Gasteiger partial charge in [-0.15, -0.1) is 0 Å². The summed E-state index contributed by atoms with van der Waals surface area (Å²) >= 11 is 0. The van der Waals surface area contributed by atoms with Crippen molar-refractivity contribution in [3.63, 3.8) is 0 Å². The summed E-state index contributed by atoms with van der Waals surface area (Å²) in [5.74, 6) is -2.21. The van der Waals surface area contributed by atoms with Crippen molar-refractivity contribution in [1.29, 1.82) is 0 Å². The molecule has 0 fully saturated rings. The fraction of sp³-hybridized carbons (Fsp3) is 0.308. The lowest BCUT2D eigenvalue weighted by Crippen LogP contribution is -2.33. The molecule has 36 heavy (non-hydrogen) atoms. The van der Waals surface area contributed by atoms with E-state index in [0.717, 1.165) is 13.2 Å². The molecule has 1 aliphatic rings. The molecular weight excluding hydrogens is 479 g/mol. The lowest BCUT2D eigenvalue weighted by molar-refractivity contribution is -0.142. The number of hydrogen-bond acceptors (Lipinski definition) is 7. The highest BCUT2D eigenvalue weighted by Gasteiger charge is 2.43. The zero-order chi connectivity index (χ0) is 26.6. The van der Waals surface area contributed by atoms with Gasteiger partial charge in [-0.1, -0.05) is 24.3 Å². The van der Waals surface area contributed by atoms with E-state index in [1.165, 1.54) is 46.3 Å². The molecule has 2 aromatic carbocycles. The van der Waals surface area contributed by atoms with Crippen molar-refractivity contribution in [1.82, 2.24) is 5.32 Å². The molecule has 1 atom stereocenters. The first-order valence-corrected chi connectivity index (χ1v) is 10.8. The van der Waals surface area contributed by atoms with Crippen LogP contribution < -0.4 is 14.8 Å². The Hall–Kier alpha value is -3.95. The predicted molar refractivity (Wildman–Crippen MR) is 124 cm³/mol. The van der Waals surface area contributed by atoms with E-state index in [2.05, 4.69) is 5.32 Å². The molecular formula is C26H26F3NO6. The summed E-state index contributed by atoms with van der Waals surface area (Å²) < 4.78 is 62.6. The van der Waals surface area contributed by atoms with E-state index in [0.29, 0.717) is 17.1 Å². The molecule has 1 aliphatic heterocycles. The molecule has 1 heterocycles. The van der Waals surface area contributed by atoms with Gasteiger partial charge in [0.15, 0.2) is 11.5 Å². The topological polar surface area (TPSA) is 83.1 Å². The highest BCUT2D eigenvalue weighted by molar-refractivity contribution is 6.00. The standard InChI is InChI=1S/C26H26F3NO6/c1-14-21(24(31)35-5)23(17-8-6-7-9-18(17)26(27,28)29)22(15(2)30-14)25(32)36-13-16-10-11-19(33-3)20(12-16)34-4/h6-12,23,30H,13H2,1-5H3. The molecule has 0 saturated heterocycles. The van der Waals surface area contributed by atoms with E-state index >= 15 is 0 Å². The van der Waals surface area contributed by atoms with E-state index < -0.39 is 29.6 Å². The molecule has 1 unspecified atom stereocenters. The minimum atomic E-state index is -4.72. The zero-order valence-corrected chi connectivity index (χ0v) is 20.4. The highest BCUT2D eigenvalue weighted by atomic mass is 19.4. The lowest BCUT2D eigenvalue weighted by Gasteiger charge is -2.31. The monoisotopic (exact) mass is 505 g/mol. The number of hydrogen-bond donors (Lipinski definition) is 1. The van der Waals surface area contributed by atoms with Crippen LogP contribution in [0.1, 0.15) is 36.5 Å². The normalized spacial score (nSPS) is 15.8. The molecule has 3 rings (SSSR count). The first kappa shape index (κ1) is 26.7. The van der Waals surface area contributed by atoms with Crippen LogP contribution in [0, 0.1) is 0 Å². The van der Waals surface area contributed by atoms with Gasteiger partial charge in [-0.2, -0.15) is 13.2 Å². The molecule has 0 spiro atoms. The lowest BCUT2D eigenvalue weighted by atomic mass is 9.78. The number of benzene rings is 2. The van der Waals surface area contributed by atoms with Crippen LogP contribution in [0.2, 0.25) is 0 Å². The first-order chi connectivity index (χ1) is 17.0. The van der Waals surface area contributed by atoms with Gasteiger partial charge in [0, 0.05) is 11.4 Å². The van der Waals surface area contributed by atoms with Crippen molar-refractivity contribution < 1.29 is 41.7 Å². The van der Waals surface area contributed by atoms with Crippen LogP contribution in [0.5, 0.6) is 11.5 Å². The summed E-state index contributed by atoms with van der Waals surface area (Å²) in [4.78, 5) is 26.0. The molecule has 0 radical (unpaired) electrons. The average molecular weight is 505 g/mol. The first-order valence-electron chi connectivity index (χ1n) is 10.8. The second kappa shape index (κ2) is 10.8. The van der Waals surface area contributed by atoms with Crippen molar-refractivity contribution in [2.24, 2.45) is 0 Å². The summed E-state index contributed by atoms with van der Waals surface area (Å²) in [5, 5.41) is 2.90. The van der Waals surface area contributed by atoms with E-state index in [9.17, 15) is 22.8 Å². The number of allylic oxidation sites excluding steroid dienone is 2. The molecule has 0 amide bonds. The van der Waals surface area contributed by atoms with Crippen LogP contribution in [-0.4, -0.2) is 33.3 Å². The Labute approximate surface area is 206 Å². The van der Waals surface area contributed by atoms with Gasteiger partial charge in [-0.3, -0.25) is 0 Å². The number of carbonyl (C=O) groups is 2. The van der Waals surface area contributed by atoms with Crippen LogP contribution >= 0.6 is 0 Å². The Balaban J connectivity index is 2.05. The van der Waals surface area contributed by atoms with Gasteiger partial charge in [-0.05, 0) is 43.2 Å². The summed E-state index contributed by atoms with van der Waals surface area (Å²) in [7, 11) is 4.06.